The summed E-state index contributed by atoms with van der Waals surface area (Å²) in [7, 11) is 0. The molecular formula is C24H27NO4S. The highest BCUT2D eigenvalue weighted by Crippen LogP contribution is 2.40. The zero-order valence-corrected chi connectivity index (χ0v) is 18.8. The molecule has 2 aromatic rings. The van der Waals surface area contributed by atoms with E-state index >= 15 is 0 Å². The summed E-state index contributed by atoms with van der Waals surface area (Å²) in [6.45, 7) is 10.4. The van der Waals surface area contributed by atoms with Crippen molar-refractivity contribution in [3.05, 3.63) is 59.0 Å². The number of amides is 2. The molecule has 0 spiro atoms. The van der Waals surface area contributed by atoms with Crippen molar-refractivity contribution in [3.63, 3.8) is 0 Å². The molecule has 0 N–H and O–H groups in total. The summed E-state index contributed by atoms with van der Waals surface area (Å²) in [6, 6.07) is 14.3. The van der Waals surface area contributed by atoms with Gasteiger partial charge in [-0.1, -0.05) is 26.0 Å². The molecule has 0 atom stereocenters. The average molecular weight is 426 g/mol. The molecule has 2 amide bonds. The number of imide groups is 1. The third-order valence-electron chi connectivity index (χ3n) is 4.32. The maximum atomic E-state index is 13.4. The van der Waals surface area contributed by atoms with E-state index in [1.54, 1.807) is 24.3 Å². The number of ether oxygens (including phenoxy) is 2. The van der Waals surface area contributed by atoms with Crippen LogP contribution in [0, 0.1) is 0 Å². The number of carbonyl (C=O) groups is 2. The van der Waals surface area contributed by atoms with Gasteiger partial charge in [-0.15, -0.1) is 11.8 Å². The maximum absolute atomic E-state index is 13.4. The number of nitrogens with zero attached hydrogens (tertiary/aromatic N) is 1. The monoisotopic (exact) mass is 425 g/mol. The fourth-order valence-corrected chi connectivity index (χ4v) is 4.16. The van der Waals surface area contributed by atoms with Gasteiger partial charge in [0.1, 0.15) is 11.5 Å². The second-order valence-corrected chi connectivity index (χ2v) is 9.02. The molecule has 0 saturated carbocycles. The van der Waals surface area contributed by atoms with Crippen LogP contribution >= 0.6 is 11.8 Å². The summed E-state index contributed by atoms with van der Waals surface area (Å²) >= 11 is 1.41. The number of benzene rings is 2. The second-order valence-electron chi connectivity index (χ2n) is 7.43. The highest BCUT2D eigenvalue weighted by atomic mass is 32.2. The van der Waals surface area contributed by atoms with Crippen molar-refractivity contribution in [1.82, 2.24) is 0 Å². The molecule has 0 aromatic heterocycles. The topological polar surface area (TPSA) is 55.8 Å². The van der Waals surface area contributed by atoms with Crippen LogP contribution in [0.2, 0.25) is 0 Å². The van der Waals surface area contributed by atoms with Gasteiger partial charge in [-0.2, -0.15) is 0 Å². The third kappa shape index (κ3) is 4.70. The smallest absolute Gasteiger partial charge is 0.272 e. The second kappa shape index (κ2) is 9.39. The van der Waals surface area contributed by atoms with E-state index in [0.717, 1.165) is 5.75 Å². The van der Waals surface area contributed by atoms with Crippen molar-refractivity contribution >= 4 is 34.8 Å². The molecular weight excluding hydrogens is 398 g/mol. The number of rotatable bonds is 8. The SMILES string of the molecule is CCOc1ccc(N2C(=O)C(SC(C)C)=C(c3ccc(OC(C)C)cc3)C2=O)cc1. The fraction of sp³-hybridized carbons (Fsp3) is 0.333. The van der Waals surface area contributed by atoms with E-state index in [1.165, 1.54) is 16.7 Å². The zero-order valence-electron chi connectivity index (χ0n) is 18.0. The van der Waals surface area contributed by atoms with Gasteiger partial charge in [0.15, 0.2) is 0 Å². The number of hydrogen-bond acceptors (Lipinski definition) is 5. The summed E-state index contributed by atoms with van der Waals surface area (Å²) in [5, 5.41) is 0.163. The average Bonchev–Trinajstić information content (AvgIpc) is 2.92. The maximum Gasteiger partial charge on any atom is 0.272 e. The molecule has 30 heavy (non-hydrogen) atoms. The molecule has 3 rings (SSSR count). The van der Waals surface area contributed by atoms with Crippen LogP contribution in [-0.2, 0) is 9.59 Å². The van der Waals surface area contributed by atoms with Crippen molar-refractivity contribution in [2.24, 2.45) is 0 Å². The Morgan fingerprint density at radius 2 is 1.47 bits per heavy atom. The van der Waals surface area contributed by atoms with E-state index in [4.69, 9.17) is 9.47 Å². The van der Waals surface area contributed by atoms with E-state index in [-0.39, 0.29) is 23.2 Å². The Kier molecular flexibility index (Phi) is 6.87. The highest BCUT2D eigenvalue weighted by Gasteiger charge is 2.40. The number of hydrogen-bond donors (Lipinski definition) is 0. The van der Waals surface area contributed by atoms with Crippen LogP contribution < -0.4 is 14.4 Å². The lowest BCUT2D eigenvalue weighted by atomic mass is 10.1. The Labute approximate surface area is 182 Å². The summed E-state index contributed by atoms with van der Waals surface area (Å²) in [5.41, 5.74) is 1.68. The first-order chi connectivity index (χ1) is 14.3. The van der Waals surface area contributed by atoms with Crippen molar-refractivity contribution in [1.29, 1.82) is 0 Å². The number of carbonyl (C=O) groups excluding carboxylic acids is 2. The Hall–Kier alpha value is -2.73. The van der Waals surface area contributed by atoms with Crippen LogP contribution in [0.4, 0.5) is 5.69 Å². The van der Waals surface area contributed by atoms with Crippen LogP contribution in [0.5, 0.6) is 11.5 Å². The zero-order chi connectivity index (χ0) is 21.8. The standard InChI is InChI=1S/C24H27NO4S/c1-6-28-19-13-9-18(10-14-19)25-23(26)21(22(24(25)27)30-16(4)5)17-7-11-20(12-8-17)29-15(2)3/h7-16H,6H2,1-5H3. The van der Waals surface area contributed by atoms with Crippen LogP contribution in [-0.4, -0.2) is 29.8 Å². The largest absolute Gasteiger partial charge is 0.494 e. The van der Waals surface area contributed by atoms with Crippen molar-refractivity contribution in [2.75, 3.05) is 11.5 Å². The van der Waals surface area contributed by atoms with Crippen LogP contribution in [0.15, 0.2) is 53.4 Å². The van der Waals surface area contributed by atoms with Crippen molar-refractivity contribution < 1.29 is 19.1 Å². The lowest BCUT2D eigenvalue weighted by Gasteiger charge is -2.16. The van der Waals surface area contributed by atoms with Crippen molar-refractivity contribution in [2.45, 2.75) is 46.0 Å². The van der Waals surface area contributed by atoms with Crippen LogP contribution in [0.1, 0.15) is 40.2 Å². The molecule has 1 aliphatic rings. The Morgan fingerprint density at radius 3 is 2.00 bits per heavy atom. The van der Waals surface area contributed by atoms with Gasteiger partial charge in [-0.3, -0.25) is 9.59 Å². The highest BCUT2D eigenvalue weighted by molar-refractivity contribution is 8.04. The lowest BCUT2D eigenvalue weighted by molar-refractivity contribution is -0.119. The van der Waals surface area contributed by atoms with Crippen molar-refractivity contribution in [3.8, 4) is 11.5 Å². The first kappa shape index (κ1) is 22.0. The summed E-state index contributed by atoms with van der Waals surface area (Å²) in [6.07, 6.45) is 0.0620. The molecule has 1 heterocycles. The Bertz CT molecular complexity index is 946. The van der Waals surface area contributed by atoms with E-state index in [1.807, 2.05) is 58.9 Å². The van der Waals surface area contributed by atoms with Gasteiger partial charge in [-0.05, 0) is 62.7 Å². The summed E-state index contributed by atoms with van der Waals surface area (Å²) in [5.74, 6) is 0.823. The molecule has 0 radical (unpaired) electrons. The Balaban J connectivity index is 1.97. The molecule has 0 aliphatic carbocycles. The van der Waals surface area contributed by atoms with Gasteiger partial charge in [0.25, 0.3) is 11.8 Å². The molecule has 0 unspecified atom stereocenters. The van der Waals surface area contributed by atoms with Gasteiger partial charge in [-0.25, -0.2) is 4.90 Å². The lowest BCUT2D eigenvalue weighted by Crippen LogP contribution is -2.31. The van der Waals surface area contributed by atoms with Gasteiger partial charge in [0.2, 0.25) is 0 Å². The third-order valence-corrected chi connectivity index (χ3v) is 5.40. The number of anilines is 1. The molecule has 2 aromatic carbocycles. The summed E-state index contributed by atoms with van der Waals surface area (Å²) in [4.78, 5) is 28.3. The van der Waals surface area contributed by atoms with Crippen LogP contribution in [0.25, 0.3) is 5.57 Å². The van der Waals surface area contributed by atoms with Gasteiger partial charge >= 0.3 is 0 Å². The normalized spacial score (nSPS) is 14.3. The van der Waals surface area contributed by atoms with Crippen LogP contribution in [0.3, 0.4) is 0 Å². The summed E-state index contributed by atoms with van der Waals surface area (Å²) < 4.78 is 11.2. The van der Waals surface area contributed by atoms with Gasteiger partial charge in [0.05, 0.1) is 28.9 Å². The van der Waals surface area contributed by atoms with Gasteiger partial charge in [0, 0.05) is 5.25 Å². The molecule has 1 aliphatic heterocycles. The number of thioether (sulfide) groups is 1. The van der Waals surface area contributed by atoms with E-state index in [0.29, 0.717) is 34.1 Å². The first-order valence-electron chi connectivity index (χ1n) is 10.1. The van der Waals surface area contributed by atoms with E-state index < -0.39 is 0 Å². The predicted molar refractivity (Wildman–Crippen MR) is 122 cm³/mol. The Morgan fingerprint density at radius 1 is 0.867 bits per heavy atom. The first-order valence-corrected chi connectivity index (χ1v) is 11.0. The molecule has 158 valence electrons. The van der Waals surface area contributed by atoms with Gasteiger partial charge < -0.3 is 9.47 Å². The molecule has 0 saturated heterocycles. The minimum Gasteiger partial charge on any atom is -0.494 e. The predicted octanol–water partition coefficient (Wildman–Crippen LogP) is 5.30. The minimum atomic E-state index is -0.315. The molecule has 0 bridgehead atoms. The molecule has 6 heteroatoms. The fourth-order valence-electron chi connectivity index (χ4n) is 3.17. The molecule has 0 fully saturated rings. The van der Waals surface area contributed by atoms with E-state index in [9.17, 15) is 9.59 Å². The van der Waals surface area contributed by atoms with E-state index in [2.05, 4.69) is 0 Å². The minimum absolute atomic E-state index is 0.0620. The molecule has 5 nitrogen and oxygen atoms in total. The quantitative estimate of drug-likeness (QED) is 0.537.